The van der Waals surface area contributed by atoms with E-state index in [1.165, 1.54) is 23.5 Å². The summed E-state index contributed by atoms with van der Waals surface area (Å²) < 4.78 is 18.5. The lowest BCUT2D eigenvalue weighted by molar-refractivity contribution is 0.0998. The van der Waals surface area contributed by atoms with Gasteiger partial charge in [0.15, 0.2) is 10.9 Å². The van der Waals surface area contributed by atoms with E-state index in [4.69, 9.17) is 4.42 Å². The van der Waals surface area contributed by atoms with Gasteiger partial charge in [-0.3, -0.25) is 10.1 Å². The Morgan fingerprint density at radius 3 is 2.71 bits per heavy atom. The van der Waals surface area contributed by atoms with Crippen LogP contribution in [0.2, 0.25) is 0 Å². The quantitative estimate of drug-likeness (QED) is 0.575. The molecule has 2 aromatic carbocycles. The molecule has 2 heterocycles. The Morgan fingerprint density at radius 1 is 1.12 bits per heavy atom. The standard InChI is InChI=1S/C18H11FN2O2S/c19-13-7-5-11(6-8-13)14-10-24-18(20-14)21-17(22)16-9-12-3-1-2-4-15(12)23-16/h1-10H,(H,20,21,22). The molecule has 4 aromatic rings. The number of hydrogen-bond acceptors (Lipinski definition) is 4. The zero-order chi connectivity index (χ0) is 16.5. The molecule has 0 aliphatic heterocycles. The predicted molar refractivity (Wildman–Crippen MR) is 91.7 cm³/mol. The summed E-state index contributed by atoms with van der Waals surface area (Å²) >= 11 is 1.30. The first-order chi connectivity index (χ1) is 11.7. The third-order valence-corrected chi connectivity index (χ3v) is 4.27. The molecule has 0 unspecified atom stereocenters. The Kier molecular flexibility index (Phi) is 3.59. The third-order valence-electron chi connectivity index (χ3n) is 3.51. The van der Waals surface area contributed by atoms with Crippen molar-refractivity contribution in [1.82, 2.24) is 4.98 Å². The smallest absolute Gasteiger partial charge is 0.293 e. The molecule has 1 N–H and O–H groups in total. The van der Waals surface area contributed by atoms with Crippen molar-refractivity contribution in [2.45, 2.75) is 0 Å². The van der Waals surface area contributed by atoms with Crippen LogP contribution in [-0.4, -0.2) is 10.9 Å². The number of aromatic nitrogens is 1. The summed E-state index contributed by atoms with van der Waals surface area (Å²) in [6.07, 6.45) is 0. The number of amides is 1. The largest absolute Gasteiger partial charge is 0.451 e. The number of benzene rings is 2. The third kappa shape index (κ3) is 2.79. The number of hydrogen-bond donors (Lipinski definition) is 1. The Hall–Kier alpha value is -2.99. The van der Waals surface area contributed by atoms with Crippen LogP contribution in [0.25, 0.3) is 22.2 Å². The van der Waals surface area contributed by atoms with Crippen LogP contribution < -0.4 is 5.32 Å². The molecule has 118 valence electrons. The molecule has 0 saturated heterocycles. The molecule has 6 heteroatoms. The number of para-hydroxylation sites is 1. The Morgan fingerprint density at radius 2 is 1.92 bits per heavy atom. The molecule has 1 amide bonds. The zero-order valence-electron chi connectivity index (χ0n) is 12.3. The Balaban J connectivity index is 1.54. The van der Waals surface area contributed by atoms with Gasteiger partial charge in [-0.25, -0.2) is 9.37 Å². The van der Waals surface area contributed by atoms with Crippen molar-refractivity contribution >= 4 is 33.3 Å². The molecule has 0 atom stereocenters. The van der Waals surface area contributed by atoms with Gasteiger partial charge in [0.2, 0.25) is 0 Å². The normalized spacial score (nSPS) is 10.9. The van der Waals surface area contributed by atoms with Gasteiger partial charge in [0.1, 0.15) is 11.4 Å². The van der Waals surface area contributed by atoms with E-state index >= 15 is 0 Å². The molecule has 4 nitrogen and oxygen atoms in total. The maximum absolute atomic E-state index is 13.0. The maximum atomic E-state index is 13.0. The average molecular weight is 338 g/mol. The minimum atomic E-state index is -0.355. The van der Waals surface area contributed by atoms with Gasteiger partial charge in [0.25, 0.3) is 5.91 Å². The number of nitrogens with one attached hydrogen (secondary N) is 1. The molecule has 0 aliphatic carbocycles. The number of halogens is 1. The molecule has 0 spiro atoms. The van der Waals surface area contributed by atoms with Crippen LogP contribution in [0.4, 0.5) is 9.52 Å². The van der Waals surface area contributed by atoms with Gasteiger partial charge in [-0.15, -0.1) is 11.3 Å². The minimum absolute atomic E-state index is 0.231. The molecule has 0 radical (unpaired) electrons. The fourth-order valence-corrected chi connectivity index (χ4v) is 3.05. The molecule has 0 bridgehead atoms. The second-order valence-electron chi connectivity index (χ2n) is 5.15. The van der Waals surface area contributed by atoms with E-state index in [0.29, 0.717) is 16.4 Å². The van der Waals surface area contributed by atoms with E-state index in [9.17, 15) is 9.18 Å². The second kappa shape index (κ2) is 5.90. The van der Waals surface area contributed by atoms with Crippen LogP contribution >= 0.6 is 11.3 Å². The number of carbonyl (C=O) groups excluding carboxylic acids is 1. The average Bonchev–Trinajstić information content (AvgIpc) is 3.22. The number of nitrogens with zero attached hydrogens (tertiary/aromatic N) is 1. The van der Waals surface area contributed by atoms with Crippen LogP contribution in [0, 0.1) is 5.82 Å². The van der Waals surface area contributed by atoms with Gasteiger partial charge >= 0.3 is 0 Å². The van der Waals surface area contributed by atoms with E-state index in [1.54, 1.807) is 18.2 Å². The van der Waals surface area contributed by atoms with Gasteiger partial charge in [-0.1, -0.05) is 18.2 Å². The fourth-order valence-electron chi connectivity index (χ4n) is 2.34. The van der Waals surface area contributed by atoms with E-state index < -0.39 is 0 Å². The summed E-state index contributed by atoms with van der Waals surface area (Å²) in [6, 6.07) is 15.2. The lowest BCUT2D eigenvalue weighted by Crippen LogP contribution is -2.10. The molecule has 4 rings (SSSR count). The summed E-state index contributed by atoms with van der Waals surface area (Å²) in [5.41, 5.74) is 2.13. The molecular weight excluding hydrogens is 327 g/mol. The highest BCUT2D eigenvalue weighted by Gasteiger charge is 2.14. The highest BCUT2D eigenvalue weighted by Crippen LogP contribution is 2.26. The topological polar surface area (TPSA) is 55.1 Å². The first kappa shape index (κ1) is 14.6. The number of fused-ring (bicyclic) bond motifs is 1. The number of furan rings is 1. The zero-order valence-corrected chi connectivity index (χ0v) is 13.1. The van der Waals surface area contributed by atoms with Crippen LogP contribution in [-0.2, 0) is 0 Å². The van der Waals surface area contributed by atoms with Gasteiger partial charge < -0.3 is 4.42 Å². The lowest BCUT2D eigenvalue weighted by Gasteiger charge is -1.98. The summed E-state index contributed by atoms with van der Waals surface area (Å²) in [5.74, 6) is -0.423. The van der Waals surface area contributed by atoms with Crippen molar-refractivity contribution in [1.29, 1.82) is 0 Å². The lowest BCUT2D eigenvalue weighted by atomic mass is 10.2. The van der Waals surface area contributed by atoms with E-state index in [2.05, 4.69) is 10.3 Å². The van der Waals surface area contributed by atoms with Crippen LogP contribution in [0.1, 0.15) is 10.6 Å². The summed E-state index contributed by atoms with van der Waals surface area (Å²) in [5, 5.41) is 5.86. The molecule has 0 saturated carbocycles. The number of carbonyl (C=O) groups is 1. The Labute approximate surface area is 140 Å². The highest BCUT2D eigenvalue weighted by molar-refractivity contribution is 7.14. The van der Waals surface area contributed by atoms with Crippen molar-refractivity contribution in [3.05, 3.63) is 71.6 Å². The summed E-state index contributed by atoms with van der Waals surface area (Å²) in [6.45, 7) is 0. The van der Waals surface area contributed by atoms with Crippen LogP contribution in [0.15, 0.2) is 64.4 Å². The summed E-state index contributed by atoms with van der Waals surface area (Å²) in [4.78, 5) is 16.6. The van der Waals surface area contributed by atoms with Gasteiger partial charge in [-0.2, -0.15) is 0 Å². The molecule has 24 heavy (non-hydrogen) atoms. The maximum Gasteiger partial charge on any atom is 0.293 e. The van der Waals surface area contributed by atoms with Crippen molar-refractivity contribution in [2.75, 3.05) is 5.32 Å². The molecule has 2 aromatic heterocycles. The molecule has 0 fully saturated rings. The first-order valence-electron chi connectivity index (χ1n) is 7.20. The SMILES string of the molecule is O=C(Nc1nc(-c2ccc(F)cc2)cs1)c1cc2ccccc2o1. The second-order valence-corrected chi connectivity index (χ2v) is 6.01. The van der Waals surface area contributed by atoms with Gasteiger partial charge in [0.05, 0.1) is 5.69 Å². The number of rotatable bonds is 3. The van der Waals surface area contributed by atoms with Crippen LogP contribution in [0.3, 0.4) is 0 Å². The van der Waals surface area contributed by atoms with Crippen LogP contribution in [0.5, 0.6) is 0 Å². The minimum Gasteiger partial charge on any atom is -0.451 e. The van der Waals surface area contributed by atoms with Gasteiger partial charge in [-0.05, 0) is 36.4 Å². The number of thiazole rings is 1. The van der Waals surface area contributed by atoms with Crippen molar-refractivity contribution in [3.63, 3.8) is 0 Å². The summed E-state index contributed by atoms with van der Waals surface area (Å²) in [7, 11) is 0. The van der Waals surface area contributed by atoms with Crippen molar-refractivity contribution in [3.8, 4) is 11.3 Å². The predicted octanol–water partition coefficient (Wildman–Crippen LogP) is 4.95. The van der Waals surface area contributed by atoms with Gasteiger partial charge in [0, 0.05) is 16.3 Å². The molecular formula is C18H11FN2O2S. The van der Waals surface area contributed by atoms with Crippen molar-refractivity contribution in [2.24, 2.45) is 0 Å². The van der Waals surface area contributed by atoms with E-state index in [-0.39, 0.29) is 17.5 Å². The Bertz CT molecular complexity index is 988. The number of anilines is 1. The first-order valence-corrected chi connectivity index (χ1v) is 8.08. The monoisotopic (exact) mass is 338 g/mol. The van der Waals surface area contributed by atoms with E-state index in [0.717, 1.165) is 10.9 Å². The van der Waals surface area contributed by atoms with E-state index in [1.807, 2.05) is 29.6 Å². The molecule has 0 aliphatic rings. The van der Waals surface area contributed by atoms with Crippen molar-refractivity contribution < 1.29 is 13.6 Å². The highest BCUT2D eigenvalue weighted by atomic mass is 32.1. The fraction of sp³-hybridized carbons (Fsp3) is 0.